The monoisotopic (exact) mass is 1180 g/mol. The van der Waals surface area contributed by atoms with Crippen LogP contribution in [0.3, 0.4) is 0 Å². The number of carbonyl (C=O) groups is 2. The number of hydrogen-bond donors (Lipinski definition) is 3. The molecular formula is C78H151NO5. The van der Waals surface area contributed by atoms with Crippen molar-refractivity contribution in [3.05, 3.63) is 24.3 Å². The van der Waals surface area contributed by atoms with Crippen molar-refractivity contribution in [2.75, 3.05) is 13.2 Å². The summed E-state index contributed by atoms with van der Waals surface area (Å²) in [7, 11) is 0. The number of hydrogen-bond acceptors (Lipinski definition) is 5. The molecule has 6 heteroatoms. The molecular weight excluding hydrogens is 1030 g/mol. The van der Waals surface area contributed by atoms with Gasteiger partial charge in [0.25, 0.3) is 0 Å². The zero-order chi connectivity index (χ0) is 60.6. The standard InChI is InChI=1S/C78H151NO5/c1-3-5-7-9-11-13-15-17-19-21-23-24-25-29-32-35-38-42-46-50-54-58-62-66-70-76(81)75(74-80)79-77(82)71-67-63-59-55-51-47-43-39-36-33-30-27-26-28-31-34-37-41-45-49-53-57-61-65-69-73-84-78(83)72-68-64-60-56-52-48-44-40-22-20-18-16-14-12-10-8-6-4-2/h27,30,66,70,75-76,80-81H,3-26,28-29,31-65,67-69,71-74H2,1-2H3,(H,79,82)/b30-27-,70-66+. The second-order valence-corrected chi connectivity index (χ2v) is 26.7. The Morgan fingerprint density at radius 2 is 0.560 bits per heavy atom. The second kappa shape index (κ2) is 73.8. The van der Waals surface area contributed by atoms with E-state index in [4.69, 9.17) is 4.74 Å². The van der Waals surface area contributed by atoms with Gasteiger partial charge in [0.15, 0.2) is 0 Å². The van der Waals surface area contributed by atoms with Gasteiger partial charge in [-0.25, -0.2) is 0 Å². The Labute approximate surface area is 526 Å². The van der Waals surface area contributed by atoms with E-state index in [0.29, 0.717) is 19.4 Å². The van der Waals surface area contributed by atoms with Crippen LogP contribution in [0.1, 0.15) is 438 Å². The summed E-state index contributed by atoms with van der Waals surface area (Å²) in [6, 6.07) is -0.632. The van der Waals surface area contributed by atoms with Gasteiger partial charge in [0.1, 0.15) is 0 Å². The zero-order valence-electron chi connectivity index (χ0n) is 57.2. The van der Waals surface area contributed by atoms with E-state index >= 15 is 0 Å². The van der Waals surface area contributed by atoms with Crippen molar-refractivity contribution in [3.63, 3.8) is 0 Å². The number of aliphatic hydroxyl groups excluding tert-OH is 2. The molecule has 0 aliphatic heterocycles. The molecule has 0 heterocycles. The van der Waals surface area contributed by atoms with Gasteiger partial charge >= 0.3 is 5.97 Å². The van der Waals surface area contributed by atoms with Crippen LogP contribution in [0.5, 0.6) is 0 Å². The summed E-state index contributed by atoms with van der Waals surface area (Å²) in [5, 5.41) is 23.3. The Morgan fingerprint density at radius 1 is 0.321 bits per heavy atom. The topological polar surface area (TPSA) is 95.9 Å². The molecule has 3 N–H and O–H groups in total. The Hall–Kier alpha value is -1.66. The third-order valence-electron chi connectivity index (χ3n) is 18.2. The number of nitrogens with one attached hydrogen (secondary N) is 1. The molecule has 0 radical (unpaired) electrons. The van der Waals surface area contributed by atoms with Crippen molar-refractivity contribution >= 4 is 11.9 Å². The molecule has 0 bridgehead atoms. The summed E-state index contributed by atoms with van der Waals surface area (Å²) in [6.07, 6.45) is 94.2. The van der Waals surface area contributed by atoms with E-state index < -0.39 is 12.1 Å². The van der Waals surface area contributed by atoms with E-state index in [1.54, 1.807) is 6.08 Å². The Morgan fingerprint density at radius 3 is 0.845 bits per heavy atom. The fraction of sp³-hybridized carbons (Fsp3) is 0.923. The quantitative estimate of drug-likeness (QED) is 0.0320. The minimum Gasteiger partial charge on any atom is -0.466 e. The lowest BCUT2D eigenvalue weighted by Gasteiger charge is -2.20. The Bertz CT molecular complexity index is 1320. The molecule has 0 spiro atoms. The van der Waals surface area contributed by atoms with E-state index in [1.807, 2.05) is 6.08 Å². The number of carbonyl (C=O) groups excluding carboxylic acids is 2. The van der Waals surface area contributed by atoms with Crippen molar-refractivity contribution in [3.8, 4) is 0 Å². The van der Waals surface area contributed by atoms with Crippen molar-refractivity contribution in [2.45, 2.75) is 450 Å². The van der Waals surface area contributed by atoms with Gasteiger partial charge < -0.3 is 20.3 Å². The molecule has 0 saturated heterocycles. The van der Waals surface area contributed by atoms with Crippen molar-refractivity contribution < 1.29 is 24.5 Å². The van der Waals surface area contributed by atoms with Gasteiger partial charge in [0, 0.05) is 12.8 Å². The van der Waals surface area contributed by atoms with E-state index in [9.17, 15) is 19.8 Å². The van der Waals surface area contributed by atoms with Crippen molar-refractivity contribution in [1.29, 1.82) is 0 Å². The number of unbranched alkanes of at least 4 members (excludes halogenated alkanes) is 60. The molecule has 0 aliphatic rings. The summed E-state index contributed by atoms with van der Waals surface area (Å²) in [5.41, 5.74) is 0. The summed E-state index contributed by atoms with van der Waals surface area (Å²) < 4.78 is 5.51. The lowest BCUT2D eigenvalue weighted by Crippen LogP contribution is -2.45. The highest BCUT2D eigenvalue weighted by atomic mass is 16.5. The van der Waals surface area contributed by atoms with Gasteiger partial charge in [-0.3, -0.25) is 9.59 Å². The molecule has 2 unspecified atom stereocenters. The lowest BCUT2D eigenvalue weighted by molar-refractivity contribution is -0.143. The van der Waals surface area contributed by atoms with Crippen molar-refractivity contribution in [2.24, 2.45) is 0 Å². The fourth-order valence-corrected chi connectivity index (χ4v) is 12.3. The van der Waals surface area contributed by atoms with Crippen LogP contribution in [0.25, 0.3) is 0 Å². The fourth-order valence-electron chi connectivity index (χ4n) is 12.3. The highest BCUT2D eigenvalue weighted by Gasteiger charge is 2.18. The van der Waals surface area contributed by atoms with E-state index in [2.05, 4.69) is 31.3 Å². The van der Waals surface area contributed by atoms with Crippen LogP contribution in [0, 0.1) is 0 Å². The first-order valence-electron chi connectivity index (χ1n) is 38.6. The lowest BCUT2D eigenvalue weighted by atomic mass is 10.0. The summed E-state index contributed by atoms with van der Waals surface area (Å²) in [4.78, 5) is 24.7. The van der Waals surface area contributed by atoms with Gasteiger partial charge in [0.2, 0.25) is 5.91 Å². The second-order valence-electron chi connectivity index (χ2n) is 26.7. The van der Waals surface area contributed by atoms with Gasteiger partial charge in [0.05, 0.1) is 25.4 Å². The average Bonchev–Trinajstić information content (AvgIpc) is 3.53. The van der Waals surface area contributed by atoms with Crippen molar-refractivity contribution in [1.82, 2.24) is 5.32 Å². The molecule has 6 nitrogen and oxygen atoms in total. The number of rotatable bonds is 73. The molecule has 0 aromatic heterocycles. The molecule has 84 heavy (non-hydrogen) atoms. The maximum atomic E-state index is 12.5. The minimum absolute atomic E-state index is 0.0186. The molecule has 0 aromatic carbocycles. The van der Waals surface area contributed by atoms with Gasteiger partial charge in [-0.1, -0.05) is 391 Å². The predicted octanol–water partition coefficient (Wildman–Crippen LogP) is 25.3. The maximum Gasteiger partial charge on any atom is 0.305 e. The smallest absolute Gasteiger partial charge is 0.305 e. The normalized spacial score (nSPS) is 12.6. The highest BCUT2D eigenvalue weighted by Crippen LogP contribution is 2.20. The summed E-state index contributed by atoms with van der Waals surface area (Å²) >= 11 is 0. The number of ether oxygens (including phenoxy) is 1. The van der Waals surface area contributed by atoms with E-state index in [0.717, 1.165) is 38.5 Å². The summed E-state index contributed by atoms with van der Waals surface area (Å²) in [6.45, 7) is 4.96. The molecule has 0 saturated carbocycles. The first kappa shape index (κ1) is 82.3. The largest absolute Gasteiger partial charge is 0.466 e. The van der Waals surface area contributed by atoms with Crippen LogP contribution < -0.4 is 5.32 Å². The molecule has 0 aliphatic carbocycles. The maximum absolute atomic E-state index is 12.5. The van der Waals surface area contributed by atoms with Crippen LogP contribution in [-0.2, 0) is 14.3 Å². The molecule has 1 amide bonds. The van der Waals surface area contributed by atoms with Gasteiger partial charge in [-0.15, -0.1) is 0 Å². The molecule has 2 atom stereocenters. The number of esters is 1. The predicted molar refractivity (Wildman–Crippen MR) is 370 cm³/mol. The molecule has 0 aromatic rings. The highest BCUT2D eigenvalue weighted by molar-refractivity contribution is 5.76. The Balaban J connectivity index is 3.40. The number of amides is 1. The molecule has 498 valence electrons. The SMILES string of the molecule is CCCCCCCCCCCCCCCCCCCCCCCC/C=C/C(O)C(CO)NC(=O)CCCCCCCCCCC/C=C\CCCCCCCCCCCCCCOC(=O)CCCCCCCCCCCCCCCCCCCC. The minimum atomic E-state index is -0.848. The molecule has 0 fully saturated rings. The first-order valence-corrected chi connectivity index (χ1v) is 38.6. The van der Waals surface area contributed by atoms with Crippen LogP contribution in [0.15, 0.2) is 24.3 Å². The number of allylic oxidation sites excluding steroid dienone is 3. The third-order valence-corrected chi connectivity index (χ3v) is 18.2. The average molecular weight is 1180 g/mol. The van der Waals surface area contributed by atoms with E-state index in [1.165, 1.54) is 372 Å². The first-order chi connectivity index (χ1) is 41.5. The number of aliphatic hydroxyl groups is 2. The van der Waals surface area contributed by atoms with Gasteiger partial charge in [-0.2, -0.15) is 0 Å². The van der Waals surface area contributed by atoms with Gasteiger partial charge in [-0.05, 0) is 57.8 Å². The van der Waals surface area contributed by atoms with E-state index in [-0.39, 0.29) is 18.5 Å². The third kappa shape index (κ3) is 69.4. The van der Waals surface area contributed by atoms with Crippen LogP contribution >= 0.6 is 0 Å². The zero-order valence-corrected chi connectivity index (χ0v) is 57.2. The van der Waals surface area contributed by atoms with Crippen LogP contribution in [-0.4, -0.2) is 47.4 Å². The summed E-state index contributed by atoms with van der Waals surface area (Å²) in [5.74, 6) is -0.0475. The Kier molecular flexibility index (Phi) is 72.3. The molecule has 0 rings (SSSR count). The van der Waals surface area contributed by atoms with Crippen LogP contribution in [0.2, 0.25) is 0 Å². The van der Waals surface area contributed by atoms with Crippen LogP contribution in [0.4, 0.5) is 0 Å².